The molecule has 1 heterocycles. The molecular formula is C54H41NO. The zero-order chi connectivity index (χ0) is 37.8. The number of para-hydroxylation sites is 1. The second-order valence-electron chi connectivity index (χ2n) is 16.5. The number of rotatable bonds is 5. The summed E-state index contributed by atoms with van der Waals surface area (Å²) < 4.78 is 6.27. The van der Waals surface area contributed by atoms with E-state index in [0.29, 0.717) is 0 Å². The van der Waals surface area contributed by atoms with Gasteiger partial charge in [0.25, 0.3) is 0 Å². The molecular weight excluding hydrogens is 679 g/mol. The Balaban J connectivity index is 1.08. The summed E-state index contributed by atoms with van der Waals surface area (Å²) in [4.78, 5) is 2.47. The van der Waals surface area contributed by atoms with Gasteiger partial charge in [-0.25, -0.2) is 0 Å². The van der Waals surface area contributed by atoms with Crippen LogP contribution in [0.25, 0.3) is 66.4 Å². The second kappa shape index (κ2) is 11.9. The Kier molecular flexibility index (Phi) is 6.98. The molecule has 8 aromatic carbocycles. The molecule has 2 aliphatic rings. The monoisotopic (exact) mass is 719 g/mol. The lowest BCUT2D eigenvalue weighted by Crippen LogP contribution is -2.20. The van der Waals surface area contributed by atoms with E-state index in [1.807, 2.05) is 6.07 Å². The molecule has 11 rings (SSSR count). The third-order valence-corrected chi connectivity index (χ3v) is 12.7. The van der Waals surface area contributed by atoms with Crippen LogP contribution in [0.15, 0.2) is 180 Å². The molecule has 0 spiro atoms. The largest absolute Gasteiger partial charge is 0.456 e. The van der Waals surface area contributed by atoms with Crippen LogP contribution in [0.5, 0.6) is 0 Å². The minimum absolute atomic E-state index is 0.0242. The smallest absolute Gasteiger partial charge is 0.136 e. The molecule has 0 aliphatic heterocycles. The summed E-state index contributed by atoms with van der Waals surface area (Å²) in [6, 6.07) is 64.6. The van der Waals surface area contributed by atoms with Gasteiger partial charge in [-0.1, -0.05) is 155 Å². The highest BCUT2D eigenvalue weighted by molar-refractivity contribution is 6.12. The van der Waals surface area contributed by atoms with Crippen LogP contribution in [0.1, 0.15) is 49.9 Å². The van der Waals surface area contributed by atoms with Gasteiger partial charge in [0.05, 0.1) is 5.69 Å². The van der Waals surface area contributed by atoms with E-state index in [0.717, 1.165) is 38.9 Å². The Morgan fingerprint density at radius 3 is 1.80 bits per heavy atom. The number of anilines is 3. The molecule has 0 radical (unpaired) electrons. The molecule has 2 nitrogen and oxygen atoms in total. The molecule has 0 bridgehead atoms. The van der Waals surface area contributed by atoms with Crippen molar-refractivity contribution < 1.29 is 4.42 Å². The minimum atomic E-state index is -0.184. The van der Waals surface area contributed by atoms with Gasteiger partial charge in [-0.05, 0) is 115 Å². The zero-order valence-corrected chi connectivity index (χ0v) is 32.1. The Morgan fingerprint density at radius 2 is 0.982 bits per heavy atom. The van der Waals surface area contributed by atoms with E-state index >= 15 is 0 Å². The summed E-state index contributed by atoms with van der Waals surface area (Å²) in [5, 5.41) is 2.29. The lowest BCUT2D eigenvalue weighted by atomic mass is 9.81. The minimum Gasteiger partial charge on any atom is -0.456 e. The van der Waals surface area contributed by atoms with Gasteiger partial charge < -0.3 is 9.32 Å². The molecule has 0 saturated carbocycles. The van der Waals surface area contributed by atoms with Crippen molar-refractivity contribution in [3.63, 3.8) is 0 Å². The number of hydrogen-bond acceptors (Lipinski definition) is 2. The van der Waals surface area contributed by atoms with E-state index in [4.69, 9.17) is 4.42 Å². The van der Waals surface area contributed by atoms with Crippen LogP contribution in [-0.2, 0) is 10.8 Å². The molecule has 0 fully saturated rings. The van der Waals surface area contributed by atoms with E-state index in [1.165, 1.54) is 66.9 Å². The SMILES string of the molecule is CC1(C)c2ccccc2-c2cc(-c3cccc(N(c4ccc(-c5cccc6oc7ccccc7c56)cc4)c4cccc5c4C(C)(C)c4ccccc4-5)c3)ccc21. The number of fused-ring (bicyclic) bond motifs is 9. The second-order valence-corrected chi connectivity index (χ2v) is 16.5. The summed E-state index contributed by atoms with van der Waals surface area (Å²) in [5.41, 5.74) is 20.6. The fraction of sp³-hybridized carbons (Fsp3) is 0.111. The topological polar surface area (TPSA) is 16.4 Å². The van der Waals surface area contributed by atoms with Gasteiger partial charge in [0.1, 0.15) is 11.2 Å². The molecule has 268 valence electrons. The first kappa shape index (κ1) is 32.8. The normalized spacial score (nSPS) is 14.4. The first-order valence-electron chi connectivity index (χ1n) is 19.7. The van der Waals surface area contributed by atoms with Crippen LogP contribution < -0.4 is 4.90 Å². The van der Waals surface area contributed by atoms with Gasteiger partial charge in [-0.2, -0.15) is 0 Å². The highest BCUT2D eigenvalue weighted by atomic mass is 16.3. The lowest BCUT2D eigenvalue weighted by molar-refractivity contribution is 0.660. The molecule has 1 aromatic heterocycles. The van der Waals surface area contributed by atoms with Crippen LogP contribution in [0.2, 0.25) is 0 Å². The van der Waals surface area contributed by atoms with E-state index in [-0.39, 0.29) is 10.8 Å². The lowest BCUT2D eigenvalue weighted by Gasteiger charge is -2.32. The molecule has 0 amide bonds. The predicted molar refractivity (Wildman–Crippen MR) is 234 cm³/mol. The number of nitrogens with zero attached hydrogens (tertiary/aromatic N) is 1. The van der Waals surface area contributed by atoms with Crippen LogP contribution >= 0.6 is 0 Å². The maximum atomic E-state index is 6.27. The van der Waals surface area contributed by atoms with E-state index in [9.17, 15) is 0 Å². The molecule has 2 heteroatoms. The first-order chi connectivity index (χ1) is 27.3. The Bertz CT molecular complexity index is 3030. The molecule has 0 atom stereocenters. The maximum Gasteiger partial charge on any atom is 0.136 e. The van der Waals surface area contributed by atoms with Gasteiger partial charge in [-0.15, -0.1) is 0 Å². The molecule has 0 unspecified atom stereocenters. The predicted octanol–water partition coefficient (Wildman–Crippen LogP) is 15.0. The molecule has 2 aliphatic carbocycles. The molecule has 0 N–H and O–H groups in total. The highest BCUT2D eigenvalue weighted by Crippen LogP contribution is 2.55. The maximum absolute atomic E-state index is 6.27. The molecule has 56 heavy (non-hydrogen) atoms. The Labute approximate surface area is 328 Å². The number of hydrogen-bond donors (Lipinski definition) is 0. The van der Waals surface area contributed by atoms with Crippen LogP contribution in [0.3, 0.4) is 0 Å². The summed E-state index contributed by atoms with van der Waals surface area (Å²) in [5.74, 6) is 0. The van der Waals surface area contributed by atoms with Crippen molar-refractivity contribution in [3.05, 3.63) is 198 Å². The average molecular weight is 720 g/mol. The van der Waals surface area contributed by atoms with Crippen LogP contribution in [0.4, 0.5) is 17.1 Å². The highest BCUT2D eigenvalue weighted by Gasteiger charge is 2.39. The number of furan rings is 1. The van der Waals surface area contributed by atoms with E-state index in [1.54, 1.807) is 0 Å². The Morgan fingerprint density at radius 1 is 0.393 bits per heavy atom. The standard InChI is InChI=1S/C54H41NO/c1-53(2)45-21-8-6-17-41(45)44-33-36(28-31-47(44)53)35-14-11-15-38(32-35)55(48-23-12-20-42-40-16-5-9-22-46(40)54(3,4)52(42)48)37-29-26-34(27-30-37)39-19-13-25-50-51(39)43-18-7-10-24-49(43)56-50/h5-33H,1-4H3. The third kappa shape index (κ3) is 4.69. The number of benzene rings is 8. The van der Waals surface area contributed by atoms with E-state index < -0.39 is 0 Å². The van der Waals surface area contributed by atoms with Gasteiger partial charge in [0, 0.05) is 33.0 Å². The Hall–Kier alpha value is -6.64. The van der Waals surface area contributed by atoms with Gasteiger partial charge >= 0.3 is 0 Å². The fourth-order valence-electron chi connectivity index (χ4n) is 9.96. The van der Waals surface area contributed by atoms with Crippen molar-refractivity contribution in [2.24, 2.45) is 0 Å². The van der Waals surface area contributed by atoms with Crippen LogP contribution in [-0.4, -0.2) is 0 Å². The van der Waals surface area contributed by atoms with Crippen LogP contribution in [0, 0.1) is 0 Å². The molecule has 0 saturated heterocycles. The quantitative estimate of drug-likeness (QED) is 0.176. The van der Waals surface area contributed by atoms with Gasteiger partial charge in [0.2, 0.25) is 0 Å². The summed E-state index contributed by atoms with van der Waals surface area (Å²) >= 11 is 0. The van der Waals surface area contributed by atoms with E-state index in [2.05, 4.69) is 202 Å². The third-order valence-electron chi connectivity index (χ3n) is 12.7. The first-order valence-corrected chi connectivity index (χ1v) is 19.7. The summed E-state index contributed by atoms with van der Waals surface area (Å²) in [6.45, 7) is 9.44. The van der Waals surface area contributed by atoms with Crippen molar-refractivity contribution >= 4 is 39.0 Å². The van der Waals surface area contributed by atoms with Crippen molar-refractivity contribution in [3.8, 4) is 44.5 Å². The van der Waals surface area contributed by atoms with Crippen molar-refractivity contribution in [1.82, 2.24) is 0 Å². The zero-order valence-electron chi connectivity index (χ0n) is 32.1. The average Bonchev–Trinajstić information content (AvgIpc) is 3.81. The summed E-state index contributed by atoms with van der Waals surface area (Å²) in [7, 11) is 0. The van der Waals surface area contributed by atoms with Crippen molar-refractivity contribution in [1.29, 1.82) is 0 Å². The van der Waals surface area contributed by atoms with Crippen molar-refractivity contribution in [2.75, 3.05) is 4.90 Å². The summed E-state index contributed by atoms with van der Waals surface area (Å²) in [6.07, 6.45) is 0. The fourth-order valence-corrected chi connectivity index (χ4v) is 9.96. The van der Waals surface area contributed by atoms with Gasteiger partial charge in [0.15, 0.2) is 0 Å². The van der Waals surface area contributed by atoms with Crippen molar-refractivity contribution in [2.45, 2.75) is 38.5 Å². The van der Waals surface area contributed by atoms with Gasteiger partial charge in [-0.3, -0.25) is 0 Å². The molecule has 9 aromatic rings.